The Morgan fingerprint density at radius 1 is 1.12 bits per heavy atom. The maximum atomic E-state index is 12.8. The maximum Gasteiger partial charge on any atom is 0.416 e. The molecule has 8 heteroatoms. The molecule has 24 heavy (non-hydrogen) atoms. The second-order valence-electron chi connectivity index (χ2n) is 5.15. The average molecular weight is 375 g/mol. The standard InChI is InChI=1S/C16H11Cl2F3N2O/c1-23-13-4-2-9(16(19,20)21)6-12(13)22-15(23)8-24-14-5-3-10(17)7-11(14)18/h2-7H,8H2,1H3. The minimum absolute atomic E-state index is 0.0634. The lowest BCUT2D eigenvalue weighted by Gasteiger charge is -2.08. The summed E-state index contributed by atoms with van der Waals surface area (Å²) in [5.41, 5.74) is 0.109. The molecule has 0 aliphatic carbocycles. The highest BCUT2D eigenvalue weighted by atomic mass is 35.5. The summed E-state index contributed by atoms with van der Waals surface area (Å²) in [6.45, 7) is 0.0634. The molecular weight excluding hydrogens is 364 g/mol. The lowest BCUT2D eigenvalue weighted by molar-refractivity contribution is -0.137. The van der Waals surface area contributed by atoms with Crippen molar-refractivity contribution in [2.24, 2.45) is 7.05 Å². The van der Waals surface area contributed by atoms with E-state index in [1.807, 2.05) is 0 Å². The van der Waals surface area contributed by atoms with Gasteiger partial charge in [-0.1, -0.05) is 23.2 Å². The van der Waals surface area contributed by atoms with E-state index in [2.05, 4.69) is 4.98 Å². The molecule has 3 aromatic rings. The van der Waals surface area contributed by atoms with Gasteiger partial charge in [-0.15, -0.1) is 0 Å². The Balaban J connectivity index is 1.88. The molecule has 1 heterocycles. The van der Waals surface area contributed by atoms with Crippen LogP contribution in [0.1, 0.15) is 11.4 Å². The number of rotatable bonds is 3. The van der Waals surface area contributed by atoms with Crippen LogP contribution in [-0.2, 0) is 19.8 Å². The van der Waals surface area contributed by atoms with Crippen molar-refractivity contribution in [2.45, 2.75) is 12.8 Å². The molecule has 0 N–H and O–H groups in total. The van der Waals surface area contributed by atoms with Gasteiger partial charge < -0.3 is 9.30 Å². The Bertz CT molecular complexity index is 906. The molecule has 3 rings (SSSR count). The summed E-state index contributed by atoms with van der Waals surface area (Å²) in [7, 11) is 1.71. The predicted molar refractivity (Wildman–Crippen MR) is 86.5 cm³/mol. The fraction of sp³-hybridized carbons (Fsp3) is 0.188. The second-order valence-corrected chi connectivity index (χ2v) is 6.00. The number of alkyl halides is 3. The molecule has 0 unspecified atom stereocenters. The van der Waals surface area contributed by atoms with E-state index in [9.17, 15) is 13.2 Å². The molecular formula is C16H11Cl2F3N2O. The van der Waals surface area contributed by atoms with E-state index in [4.69, 9.17) is 27.9 Å². The van der Waals surface area contributed by atoms with Crippen molar-refractivity contribution in [1.29, 1.82) is 0 Å². The smallest absolute Gasteiger partial charge is 0.416 e. The summed E-state index contributed by atoms with van der Waals surface area (Å²) in [5, 5.41) is 0.829. The van der Waals surface area contributed by atoms with Crippen molar-refractivity contribution >= 4 is 34.2 Å². The van der Waals surface area contributed by atoms with Crippen LogP contribution in [0.2, 0.25) is 10.0 Å². The number of ether oxygens (including phenoxy) is 1. The highest BCUT2D eigenvalue weighted by Crippen LogP contribution is 2.32. The van der Waals surface area contributed by atoms with Gasteiger partial charge in [0.15, 0.2) is 0 Å². The number of aryl methyl sites for hydroxylation is 1. The summed E-state index contributed by atoms with van der Waals surface area (Å²) in [5.74, 6) is 0.902. The molecule has 0 bridgehead atoms. The number of aromatic nitrogens is 2. The Morgan fingerprint density at radius 2 is 1.88 bits per heavy atom. The molecule has 0 radical (unpaired) electrons. The molecule has 0 saturated heterocycles. The van der Waals surface area contributed by atoms with Crippen LogP contribution >= 0.6 is 23.2 Å². The third kappa shape index (κ3) is 3.30. The first kappa shape index (κ1) is 16.9. The van der Waals surface area contributed by atoms with Gasteiger partial charge in [0.2, 0.25) is 0 Å². The monoisotopic (exact) mass is 374 g/mol. The van der Waals surface area contributed by atoms with Crippen LogP contribution in [-0.4, -0.2) is 9.55 Å². The van der Waals surface area contributed by atoms with Gasteiger partial charge in [0.05, 0.1) is 21.6 Å². The van der Waals surface area contributed by atoms with Crippen LogP contribution < -0.4 is 4.74 Å². The van der Waals surface area contributed by atoms with Crippen LogP contribution in [0.25, 0.3) is 11.0 Å². The predicted octanol–water partition coefficient (Wildman–Crippen LogP) is 5.48. The van der Waals surface area contributed by atoms with Crippen LogP contribution in [0.4, 0.5) is 13.2 Å². The van der Waals surface area contributed by atoms with E-state index < -0.39 is 11.7 Å². The van der Waals surface area contributed by atoms with Gasteiger partial charge in [-0.2, -0.15) is 13.2 Å². The number of nitrogens with zero attached hydrogens (tertiary/aromatic N) is 2. The fourth-order valence-electron chi connectivity index (χ4n) is 2.29. The number of hydrogen-bond donors (Lipinski definition) is 0. The van der Waals surface area contributed by atoms with Crippen LogP contribution in [0.3, 0.4) is 0 Å². The normalized spacial score (nSPS) is 11.9. The SMILES string of the molecule is Cn1c(COc2ccc(Cl)cc2Cl)nc2cc(C(F)(F)F)ccc21. The lowest BCUT2D eigenvalue weighted by atomic mass is 10.2. The van der Waals surface area contributed by atoms with Gasteiger partial charge in [0.1, 0.15) is 18.2 Å². The molecule has 0 spiro atoms. The summed E-state index contributed by atoms with van der Waals surface area (Å²) in [6, 6.07) is 8.24. The first-order chi connectivity index (χ1) is 11.3. The Morgan fingerprint density at radius 3 is 2.54 bits per heavy atom. The van der Waals surface area contributed by atoms with Gasteiger partial charge in [0, 0.05) is 12.1 Å². The number of benzene rings is 2. The summed E-state index contributed by atoms with van der Waals surface area (Å²) < 4.78 is 45.6. The summed E-state index contributed by atoms with van der Waals surface area (Å²) in [6.07, 6.45) is -4.40. The highest BCUT2D eigenvalue weighted by Gasteiger charge is 2.31. The zero-order valence-electron chi connectivity index (χ0n) is 12.4. The number of imidazole rings is 1. The van der Waals surface area contributed by atoms with Gasteiger partial charge >= 0.3 is 6.18 Å². The molecule has 1 aromatic heterocycles. The van der Waals surface area contributed by atoms with Crippen LogP contribution in [0.15, 0.2) is 36.4 Å². The molecule has 0 saturated carbocycles. The van der Waals surface area contributed by atoms with Gasteiger partial charge in [-0.05, 0) is 36.4 Å². The van der Waals surface area contributed by atoms with Crippen molar-refractivity contribution in [3.8, 4) is 5.75 Å². The zero-order chi connectivity index (χ0) is 17.5. The van der Waals surface area contributed by atoms with Crippen molar-refractivity contribution in [3.05, 3.63) is 57.8 Å². The molecule has 3 nitrogen and oxygen atoms in total. The molecule has 0 amide bonds. The second kappa shape index (κ2) is 6.18. The van der Waals surface area contributed by atoms with E-state index >= 15 is 0 Å². The topological polar surface area (TPSA) is 27.1 Å². The number of fused-ring (bicyclic) bond motifs is 1. The summed E-state index contributed by atoms with van der Waals surface area (Å²) in [4.78, 5) is 4.22. The molecule has 0 aliphatic rings. The zero-order valence-corrected chi connectivity index (χ0v) is 13.9. The van der Waals surface area contributed by atoms with Crippen molar-refractivity contribution < 1.29 is 17.9 Å². The quantitative estimate of drug-likeness (QED) is 0.606. The van der Waals surface area contributed by atoms with E-state index in [-0.39, 0.29) is 12.1 Å². The summed E-state index contributed by atoms with van der Waals surface area (Å²) >= 11 is 11.8. The van der Waals surface area contributed by atoms with Crippen molar-refractivity contribution in [2.75, 3.05) is 0 Å². The van der Waals surface area contributed by atoms with Crippen LogP contribution in [0.5, 0.6) is 5.75 Å². The number of halogens is 5. The Kier molecular flexibility index (Phi) is 4.36. The Labute approximate surface area is 145 Å². The van der Waals surface area contributed by atoms with E-state index in [1.165, 1.54) is 6.07 Å². The first-order valence-electron chi connectivity index (χ1n) is 6.86. The lowest BCUT2D eigenvalue weighted by Crippen LogP contribution is -2.04. The van der Waals surface area contributed by atoms with Crippen molar-refractivity contribution in [3.63, 3.8) is 0 Å². The van der Waals surface area contributed by atoms with Gasteiger partial charge in [-0.3, -0.25) is 0 Å². The van der Waals surface area contributed by atoms with Gasteiger partial charge in [-0.25, -0.2) is 4.98 Å². The van der Waals surface area contributed by atoms with Crippen LogP contribution in [0, 0.1) is 0 Å². The minimum atomic E-state index is -4.40. The molecule has 0 fully saturated rings. The average Bonchev–Trinajstić information content (AvgIpc) is 2.81. The minimum Gasteiger partial charge on any atom is -0.484 e. The maximum absolute atomic E-state index is 12.8. The first-order valence-corrected chi connectivity index (χ1v) is 7.61. The molecule has 2 aromatic carbocycles. The van der Waals surface area contributed by atoms with E-state index in [1.54, 1.807) is 29.8 Å². The third-order valence-electron chi connectivity index (χ3n) is 3.55. The fourth-order valence-corrected chi connectivity index (χ4v) is 2.75. The van der Waals surface area contributed by atoms with E-state index in [0.717, 1.165) is 12.1 Å². The molecule has 0 atom stereocenters. The van der Waals surface area contributed by atoms with E-state index in [0.29, 0.717) is 27.1 Å². The molecule has 126 valence electrons. The third-order valence-corrected chi connectivity index (χ3v) is 4.08. The highest BCUT2D eigenvalue weighted by molar-refractivity contribution is 6.35. The number of hydrogen-bond acceptors (Lipinski definition) is 2. The Hall–Kier alpha value is -1.92. The van der Waals surface area contributed by atoms with Crippen molar-refractivity contribution in [1.82, 2.24) is 9.55 Å². The molecule has 0 aliphatic heterocycles. The van der Waals surface area contributed by atoms with Gasteiger partial charge in [0.25, 0.3) is 0 Å². The largest absolute Gasteiger partial charge is 0.484 e.